The highest BCUT2D eigenvalue weighted by Gasteiger charge is 2.60. The van der Waals surface area contributed by atoms with Gasteiger partial charge in [0.05, 0.1) is 6.10 Å². The van der Waals surface area contributed by atoms with Gasteiger partial charge >= 0.3 is 0 Å². The lowest BCUT2D eigenvalue weighted by Crippen LogP contribution is -2.54. The first-order chi connectivity index (χ1) is 15.3. The van der Waals surface area contributed by atoms with Crippen molar-refractivity contribution in [2.75, 3.05) is 6.61 Å². The van der Waals surface area contributed by atoms with Gasteiger partial charge in [0, 0.05) is 6.61 Å². The van der Waals surface area contributed by atoms with Crippen molar-refractivity contribution < 1.29 is 9.53 Å². The molecule has 0 aromatic carbocycles. The zero-order valence-corrected chi connectivity index (χ0v) is 24.4. The van der Waals surface area contributed by atoms with Crippen molar-refractivity contribution in [2.24, 2.45) is 46.3 Å². The highest BCUT2D eigenvalue weighted by molar-refractivity contribution is 6.74. The van der Waals surface area contributed by atoms with Crippen LogP contribution < -0.4 is 0 Å². The molecule has 0 heterocycles. The summed E-state index contributed by atoms with van der Waals surface area (Å²) in [5.41, 5.74) is 1.08. The maximum Gasteiger partial charge on any atom is 0.191 e. The fraction of sp³-hybridized carbons (Fsp3) is 1.00. The Kier molecular flexibility index (Phi) is 7.32. The minimum Gasteiger partial charge on any atom is -0.417 e. The molecule has 2 nitrogen and oxygen atoms in total. The Morgan fingerprint density at radius 3 is 2.30 bits per heavy atom. The van der Waals surface area contributed by atoms with E-state index in [9.17, 15) is 5.11 Å². The molecule has 0 saturated heterocycles. The largest absolute Gasteiger partial charge is 0.417 e. The molecular formula is C30H56O2Si. The van der Waals surface area contributed by atoms with E-state index in [1.54, 1.807) is 0 Å². The standard InChI is InChI=1S/C30H56O2Si/c1-21(10-9-19-32-33(7,8)28(2,3)4)25-13-14-26-24-12-11-22-20-23(31)15-17-29(22,5)27(24)16-18-30(25,26)6/h21-27,31H,9-20H2,1-8H3/t21-,22?,23?,24+,25-,26+,27+,29+,30-/m1/s1. The van der Waals surface area contributed by atoms with Gasteiger partial charge in [-0.05, 0) is 135 Å². The highest BCUT2D eigenvalue weighted by atomic mass is 28.4. The van der Waals surface area contributed by atoms with Crippen LogP contribution in [0.3, 0.4) is 0 Å². The Hall–Kier alpha value is 0.137. The summed E-state index contributed by atoms with van der Waals surface area (Å²) in [4.78, 5) is 0. The Morgan fingerprint density at radius 1 is 0.939 bits per heavy atom. The van der Waals surface area contributed by atoms with E-state index < -0.39 is 8.32 Å². The summed E-state index contributed by atoms with van der Waals surface area (Å²) in [6.07, 6.45) is 14.6. The minimum absolute atomic E-state index is 0.0224. The van der Waals surface area contributed by atoms with Crippen LogP contribution in [0.4, 0.5) is 0 Å². The molecule has 9 atom stereocenters. The molecule has 0 aromatic rings. The normalized spacial score (nSPS) is 44.6. The third kappa shape index (κ3) is 4.66. The molecule has 0 amide bonds. The molecule has 4 saturated carbocycles. The zero-order valence-electron chi connectivity index (χ0n) is 23.4. The van der Waals surface area contributed by atoms with E-state index in [4.69, 9.17) is 4.43 Å². The van der Waals surface area contributed by atoms with E-state index in [1.807, 2.05) is 0 Å². The monoisotopic (exact) mass is 476 g/mol. The summed E-state index contributed by atoms with van der Waals surface area (Å²) in [5, 5.41) is 10.6. The third-order valence-corrected chi connectivity index (χ3v) is 17.0. The zero-order chi connectivity index (χ0) is 24.2. The van der Waals surface area contributed by atoms with Crippen LogP contribution in [-0.2, 0) is 4.43 Å². The second kappa shape index (κ2) is 9.22. The maximum absolute atomic E-state index is 10.3. The highest BCUT2D eigenvalue weighted by Crippen LogP contribution is 2.68. The Balaban J connectivity index is 1.36. The molecule has 4 aliphatic rings. The first-order valence-corrected chi connectivity index (χ1v) is 17.5. The van der Waals surface area contributed by atoms with Crippen LogP contribution in [0.2, 0.25) is 18.1 Å². The fourth-order valence-electron chi connectivity index (χ4n) is 9.36. The van der Waals surface area contributed by atoms with Gasteiger partial charge in [-0.1, -0.05) is 41.5 Å². The van der Waals surface area contributed by atoms with Crippen LogP contribution in [-0.4, -0.2) is 26.1 Å². The fourth-order valence-corrected chi connectivity index (χ4v) is 10.4. The first kappa shape index (κ1) is 26.2. The van der Waals surface area contributed by atoms with Crippen molar-refractivity contribution in [1.29, 1.82) is 0 Å². The van der Waals surface area contributed by atoms with Gasteiger partial charge in [-0.25, -0.2) is 0 Å². The number of aliphatic hydroxyl groups excluding tert-OH is 1. The maximum atomic E-state index is 10.3. The second-order valence-electron chi connectivity index (χ2n) is 15.0. The van der Waals surface area contributed by atoms with E-state index in [1.165, 1.54) is 57.8 Å². The van der Waals surface area contributed by atoms with Crippen molar-refractivity contribution in [3.8, 4) is 0 Å². The molecule has 0 bridgehead atoms. The quantitative estimate of drug-likeness (QED) is 0.308. The average Bonchev–Trinajstić information content (AvgIpc) is 3.08. The lowest BCUT2D eigenvalue weighted by Gasteiger charge is -2.61. The molecule has 192 valence electrons. The smallest absolute Gasteiger partial charge is 0.191 e. The predicted octanol–water partition coefficient (Wildman–Crippen LogP) is 8.44. The van der Waals surface area contributed by atoms with Crippen LogP contribution in [0.5, 0.6) is 0 Å². The van der Waals surface area contributed by atoms with E-state index in [0.29, 0.717) is 15.9 Å². The van der Waals surface area contributed by atoms with E-state index in [2.05, 4.69) is 54.6 Å². The summed E-state index contributed by atoms with van der Waals surface area (Å²) in [5.74, 6) is 5.36. The van der Waals surface area contributed by atoms with Crippen LogP contribution in [0.15, 0.2) is 0 Å². The number of rotatable bonds is 6. The lowest BCUT2D eigenvalue weighted by atomic mass is 9.44. The molecule has 0 spiro atoms. The molecular weight excluding hydrogens is 420 g/mol. The Bertz CT molecular complexity index is 683. The van der Waals surface area contributed by atoms with Crippen LogP contribution >= 0.6 is 0 Å². The molecule has 1 N–H and O–H groups in total. The van der Waals surface area contributed by atoms with E-state index in [-0.39, 0.29) is 6.10 Å². The Morgan fingerprint density at radius 2 is 1.61 bits per heavy atom. The topological polar surface area (TPSA) is 29.5 Å². The SMILES string of the molecule is C[C@H](CCCO[Si](C)(C)C(C)(C)C)[C@H]1CC[C@H]2[C@@H]3CCC4CC(O)CC[C@]4(C)[C@H]3CC[C@]12C. The molecule has 2 unspecified atom stereocenters. The van der Waals surface area contributed by atoms with Gasteiger partial charge in [0.2, 0.25) is 0 Å². The van der Waals surface area contributed by atoms with Crippen LogP contribution in [0.1, 0.15) is 112 Å². The van der Waals surface area contributed by atoms with E-state index >= 15 is 0 Å². The molecule has 0 radical (unpaired) electrons. The summed E-state index contributed by atoms with van der Waals surface area (Å²) >= 11 is 0. The Labute approximate surface area is 207 Å². The van der Waals surface area contributed by atoms with Gasteiger partial charge < -0.3 is 9.53 Å². The minimum atomic E-state index is -1.61. The van der Waals surface area contributed by atoms with Gasteiger partial charge in [0.25, 0.3) is 0 Å². The first-order valence-electron chi connectivity index (χ1n) is 14.6. The molecule has 4 rings (SSSR count). The predicted molar refractivity (Wildman–Crippen MR) is 143 cm³/mol. The van der Waals surface area contributed by atoms with Gasteiger partial charge in [-0.2, -0.15) is 0 Å². The summed E-state index contributed by atoms with van der Waals surface area (Å²) in [6, 6.07) is 0. The number of hydrogen-bond acceptors (Lipinski definition) is 2. The third-order valence-electron chi connectivity index (χ3n) is 12.5. The molecule has 4 aliphatic carbocycles. The van der Waals surface area contributed by atoms with Crippen LogP contribution in [0, 0.1) is 46.3 Å². The van der Waals surface area contributed by atoms with Gasteiger partial charge in [-0.15, -0.1) is 0 Å². The van der Waals surface area contributed by atoms with Gasteiger partial charge in [0.1, 0.15) is 0 Å². The van der Waals surface area contributed by atoms with Crippen molar-refractivity contribution in [2.45, 2.75) is 136 Å². The van der Waals surface area contributed by atoms with Crippen LogP contribution in [0.25, 0.3) is 0 Å². The average molecular weight is 477 g/mol. The van der Waals surface area contributed by atoms with Crippen molar-refractivity contribution in [1.82, 2.24) is 0 Å². The molecule has 4 fully saturated rings. The molecule has 33 heavy (non-hydrogen) atoms. The second-order valence-corrected chi connectivity index (χ2v) is 19.9. The van der Waals surface area contributed by atoms with E-state index in [0.717, 1.165) is 55.0 Å². The van der Waals surface area contributed by atoms with Crippen molar-refractivity contribution in [3.63, 3.8) is 0 Å². The number of aliphatic hydroxyl groups is 1. The van der Waals surface area contributed by atoms with Gasteiger partial charge in [-0.3, -0.25) is 0 Å². The summed E-state index contributed by atoms with van der Waals surface area (Å²) in [6.45, 7) is 20.7. The summed E-state index contributed by atoms with van der Waals surface area (Å²) < 4.78 is 6.50. The van der Waals surface area contributed by atoms with Gasteiger partial charge in [0.15, 0.2) is 8.32 Å². The number of fused-ring (bicyclic) bond motifs is 5. The van der Waals surface area contributed by atoms with Crippen molar-refractivity contribution in [3.05, 3.63) is 0 Å². The molecule has 0 aromatic heterocycles. The van der Waals surface area contributed by atoms with Crippen molar-refractivity contribution >= 4 is 8.32 Å². The number of hydrogen-bond donors (Lipinski definition) is 1. The molecule has 0 aliphatic heterocycles. The summed E-state index contributed by atoms with van der Waals surface area (Å²) in [7, 11) is -1.61. The lowest BCUT2D eigenvalue weighted by molar-refractivity contribution is -0.129. The molecule has 3 heteroatoms.